The molecule has 4 aromatic carbocycles. The van der Waals surface area contributed by atoms with Crippen molar-refractivity contribution in [2.24, 2.45) is 0 Å². The SMILES string of the molecule is CC[Si]1(CC)C(c2ccc(F)cc2)=C(c2ccccc2)C(c2ccccc2)=C1c1ccc(F)cc1. The average Bonchev–Trinajstić information content (AvgIpc) is 3.22. The van der Waals surface area contributed by atoms with Gasteiger partial charge in [-0.05, 0) is 68.1 Å². The monoisotopic (exact) mass is 478 g/mol. The summed E-state index contributed by atoms with van der Waals surface area (Å²) in [7, 11) is -2.33. The molecule has 5 rings (SSSR count). The minimum atomic E-state index is -2.33. The first-order chi connectivity index (χ1) is 17.1. The quantitative estimate of drug-likeness (QED) is 0.242. The molecule has 0 unspecified atom stereocenters. The predicted molar refractivity (Wildman–Crippen MR) is 146 cm³/mol. The largest absolute Gasteiger partial charge is 0.207 e. The van der Waals surface area contributed by atoms with Gasteiger partial charge in [0.15, 0.2) is 0 Å². The van der Waals surface area contributed by atoms with Crippen LogP contribution < -0.4 is 0 Å². The van der Waals surface area contributed by atoms with Crippen molar-refractivity contribution in [1.82, 2.24) is 0 Å². The molecule has 0 saturated carbocycles. The van der Waals surface area contributed by atoms with E-state index in [4.69, 9.17) is 0 Å². The number of halogens is 2. The van der Waals surface area contributed by atoms with Gasteiger partial charge in [0.25, 0.3) is 0 Å². The van der Waals surface area contributed by atoms with E-state index in [9.17, 15) is 8.78 Å². The van der Waals surface area contributed by atoms with Gasteiger partial charge in [0.2, 0.25) is 0 Å². The molecule has 0 N–H and O–H groups in total. The molecule has 0 radical (unpaired) electrons. The molecular weight excluding hydrogens is 450 g/mol. The zero-order valence-corrected chi connectivity index (χ0v) is 21.1. The van der Waals surface area contributed by atoms with E-state index >= 15 is 0 Å². The smallest absolute Gasteiger partial charge is 0.123 e. The Labute approximate surface area is 207 Å². The number of rotatable bonds is 6. The van der Waals surface area contributed by atoms with E-state index in [0.717, 1.165) is 34.3 Å². The highest BCUT2D eigenvalue weighted by atomic mass is 28.3. The van der Waals surface area contributed by atoms with Crippen molar-refractivity contribution >= 4 is 29.6 Å². The van der Waals surface area contributed by atoms with Crippen LogP contribution in [0, 0.1) is 11.6 Å². The van der Waals surface area contributed by atoms with Crippen LogP contribution in [-0.4, -0.2) is 8.07 Å². The van der Waals surface area contributed by atoms with Crippen molar-refractivity contribution in [3.05, 3.63) is 143 Å². The minimum absolute atomic E-state index is 0.233. The summed E-state index contributed by atoms with van der Waals surface area (Å²) >= 11 is 0. The zero-order valence-electron chi connectivity index (χ0n) is 20.1. The zero-order chi connectivity index (χ0) is 24.4. The first-order valence-electron chi connectivity index (χ1n) is 12.2. The van der Waals surface area contributed by atoms with Gasteiger partial charge in [0.1, 0.15) is 19.7 Å². The standard InChI is InChI=1S/C32H28F2Si/c1-3-35(4-2)31(25-15-19-27(33)20-16-25)29(23-11-7-5-8-12-23)30(24-13-9-6-10-14-24)32(35)26-17-21-28(34)22-18-26/h5-22H,3-4H2,1-2H3. The topological polar surface area (TPSA) is 0 Å². The Bertz CT molecular complexity index is 1270. The Morgan fingerprint density at radius 2 is 0.800 bits per heavy atom. The summed E-state index contributed by atoms with van der Waals surface area (Å²) in [4.78, 5) is 0. The first-order valence-corrected chi connectivity index (χ1v) is 14.6. The predicted octanol–water partition coefficient (Wildman–Crippen LogP) is 9.07. The van der Waals surface area contributed by atoms with E-state index in [1.165, 1.54) is 21.5 Å². The van der Waals surface area contributed by atoms with Gasteiger partial charge in [-0.2, -0.15) is 0 Å². The lowest BCUT2D eigenvalue weighted by Crippen LogP contribution is -2.35. The van der Waals surface area contributed by atoms with E-state index in [2.05, 4.69) is 62.4 Å². The van der Waals surface area contributed by atoms with Gasteiger partial charge < -0.3 is 0 Å². The fourth-order valence-corrected chi connectivity index (χ4v) is 10.8. The molecule has 0 amide bonds. The summed E-state index contributed by atoms with van der Waals surface area (Å²) in [6.45, 7) is 4.55. The van der Waals surface area contributed by atoms with Gasteiger partial charge in [-0.1, -0.05) is 111 Å². The van der Waals surface area contributed by atoms with Crippen LogP contribution in [0.25, 0.3) is 21.5 Å². The maximum atomic E-state index is 14.0. The van der Waals surface area contributed by atoms with E-state index in [-0.39, 0.29) is 11.6 Å². The third-order valence-electron chi connectivity index (χ3n) is 7.30. The van der Waals surface area contributed by atoms with Crippen LogP contribution in [0.15, 0.2) is 109 Å². The van der Waals surface area contributed by atoms with Gasteiger partial charge in [0.05, 0.1) is 0 Å². The van der Waals surface area contributed by atoms with Crippen LogP contribution in [0.5, 0.6) is 0 Å². The van der Waals surface area contributed by atoms with E-state index in [0.29, 0.717) is 0 Å². The normalized spacial score (nSPS) is 15.1. The first kappa shape index (κ1) is 23.2. The highest BCUT2D eigenvalue weighted by molar-refractivity contribution is 7.14. The van der Waals surface area contributed by atoms with Crippen LogP contribution in [0.2, 0.25) is 12.1 Å². The molecule has 4 aromatic rings. The molecule has 0 aromatic heterocycles. The Hall–Kier alpha value is -3.56. The molecule has 0 nitrogen and oxygen atoms in total. The Balaban J connectivity index is 1.95. The summed E-state index contributed by atoms with van der Waals surface area (Å²) in [6.07, 6.45) is 0. The van der Waals surface area contributed by atoms with Crippen molar-refractivity contribution < 1.29 is 8.78 Å². The molecule has 35 heavy (non-hydrogen) atoms. The Morgan fingerprint density at radius 3 is 1.11 bits per heavy atom. The third-order valence-corrected chi connectivity index (χ3v) is 12.7. The second kappa shape index (κ2) is 9.59. The molecule has 0 bridgehead atoms. The summed E-state index contributed by atoms with van der Waals surface area (Å²) in [5, 5.41) is 2.68. The molecule has 0 saturated heterocycles. The van der Waals surface area contributed by atoms with Crippen molar-refractivity contribution in [3.8, 4) is 0 Å². The Kier molecular flexibility index (Phi) is 6.36. The molecule has 174 valence electrons. The fourth-order valence-electron chi connectivity index (χ4n) is 5.67. The second-order valence-electron chi connectivity index (χ2n) is 9.04. The molecule has 1 heterocycles. The summed E-state index contributed by atoms with van der Waals surface area (Å²) in [5.74, 6) is -0.465. The second-order valence-corrected chi connectivity index (χ2v) is 13.6. The van der Waals surface area contributed by atoms with E-state index in [1.54, 1.807) is 24.3 Å². The third kappa shape index (κ3) is 4.00. The van der Waals surface area contributed by atoms with Crippen molar-refractivity contribution in [3.63, 3.8) is 0 Å². The summed E-state index contributed by atoms with van der Waals surface area (Å²) in [5.41, 5.74) is 6.90. The van der Waals surface area contributed by atoms with E-state index < -0.39 is 8.07 Å². The number of allylic oxidation sites excluding steroid dienone is 2. The van der Waals surface area contributed by atoms with Gasteiger partial charge in [-0.3, -0.25) is 0 Å². The number of hydrogen-bond acceptors (Lipinski definition) is 0. The number of benzene rings is 4. The summed E-state index contributed by atoms with van der Waals surface area (Å²) < 4.78 is 28.0. The highest BCUT2D eigenvalue weighted by Gasteiger charge is 2.47. The van der Waals surface area contributed by atoms with Gasteiger partial charge in [-0.25, -0.2) is 8.78 Å². The Morgan fingerprint density at radius 1 is 0.457 bits per heavy atom. The molecule has 0 atom stereocenters. The van der Waals surface area contributed by atoms with E-state index in [1.807, 2.05) is 36.4 Å². The minimum Gasteiger partial charge on any atom is -0.207 e. The highest BCUT2D eigenvalue weighted by Crippen LogP contribution is 2.58. The van der Waals surface area contributed by atoms with Gasteiger partial charge in [0, 0.05) is 0 Å². The maximum Gasteiger partial charge on any atom is 0.123 e. The lowest BCUT2D eigenvalue weighted by molar-refractivity contribution is 0.627. The summed E-state index contributed by atoms with van der Waals surface area (Å²) in [6, 6.07) is 37.0. The van der Waals surface area contributed by atoms with Crippen LogP contribution in [0.4, 0.5) is 8.78 Å². The molecule has 1 aliphatic heterocycles. The lowest BCUT2D eigenvalue weighted by atomic mass is 9.89. The molecule has 0 spiro atoms. The van der Waals surface area contributed by atoms with Crippen LogP contribution in [0.3, 0.4) is 0 Å². The van der Waals surface area contributed by atoms with Gasteiger partial charge in [-0.15, -0.1) is 0 Å². The molecule has 1 aliphatic rings. The molecule has 3 heteroatoms. The van der Waals surface area contributed by atoms with Gasteiger partial charge >= 0.3 is 0 Å². The maximum absolute atomic E-state index is 14.0. The van der Waals surface area contributed by atoms with Crippen LogP contribution in [0.1, 0.15) is 36.1 Å². The van der Waals surface area contributed by atoms with Crippen molar-refractivity contribution in [2.75, 3.05) is 0 Å². The molecular formula is C32H28F2Si. The van der Waals surface area contributed by atoms with Crippen molar-refractivity contribution in [1.29, 1.82) is 0 Å². The average molecular weight is 479 g/mol. The van der Waals surface area contributed by atoms with Crippen molar-refractivity contribution in [2.45, 2.75) is 25.9 Å². The lowest BCUT2D eigenvalue weighted by Gasteiger charge is -2.33. The fraction of sp³-hybridized carbons (Fsp3) is 0.125. The van der Waals surface area contributed by atoms with Crippen LogP contribution in [-0.2, 0) is 0 Å². The molecule has 0 fully saturated rings. The molecule has 0 aliphatic carbocycles. The van der Waals surface area contributed by atoms with Crippen LogP contribution >= 0.6 is 0 Å². The number of hydrogen-bond donors (Lipinski definition) is 0.